The number of ether oxygens (including phenoxy) is 3. The normalized spacial score (nSPS) is 12.3. The van der Waals surface area contributed by atoms with E-state index in [1.54, 1.807) is 0 Å². The molecular formula is C18H17N3O4. The zero-order valence-corrected chi connectivity index (χ0v) is 13.5. The van der Waals surface area contributed by atoms with Crippen molar-refractivity contribution in [1.29, 1.82) is 0 Å². The Morgan fingerprint density at radius 2 is 1.76 bits per heavy atom. The van der Waals surface area contributed by atoms with E-state index in [2.05, 4.69) is 15.5 Å². The molecule has 4 rings (SSSR count). The van der Waals surface area contributed by atoms with Gasteiger partial charge in [0.1, 0.15) is 5.75 Å². The van der Waals surface area contributed by atoms with Gasteiger partial charge in [0.15, 0.2) is 18.1 Å². The van der Waals surface area contributed by atoms with Crippen molar-refractivity contribution in [3.05, 3.63) is 65.9 Å². The maximum absolute atomic E-state index is 5.58. The highest BCUT2D eigenvalue weighted by Gasteiger charge is 2.13. The predicted molar refractivity (Wildman–Crippen MR) is 88.2 cm³/mol. The lowest BCUT2D eigenvalue weighted by Crippen LogP contribution is -2.12. The van der Waals surface area contributed by atoms with Crippen LogP contribution >= 0.6 is 0 Å². The molecule has 25 heavy (non-hydrogen) atoms. The van der Waals surface area contributed by atoms with Crippen LogP contribution in [-0.2, 0) is 19.7 Å². The van der Waals surface area contributed by atoms with Gasteiger partial charge in [-0.1, -0.05) is 24.3 Å². The number of hydrogen-bond acceptors (Lipinski definition) is 7. The third-order valence-electron chi connectivity index (χ3n) is 3.66. The summed E-state index contributed by atoms with van der Waals surface area (Å²) in [7, 11) is 0. The third kappa shape index (κ3) is 3.89. The van der Waals surface area contributed by atoms with E-state index in [4.69, 9.17) is 18.6 Å². The summed E-state index contributed by atoms with van der Waals surface area (Å²) in [5, 5.41) is 11.3. The summed E-state index contributed by atoms with van der Waals surface area (Å²) >= 11 is 0. The van der Waals surface area contributed by atoms with E-state index in [1.165, 1.54) is 0 Å². The smallest absolute Gasteiger partial charge is 0.253 e. The monoisotopic (exact) mass is 339 g/mol. The number of fused-ring (bicyclic) bond motifs is 1. The summed E-state index contributed by atoms with van der Waals surface area (Å²) in [6.45, 7) is 1.67. The van der Waals surface area contributed by atoms with Crippen LogP contribution in [-0.4, -0.2) is 17.0 Å². The number of nitrogens with zero attached hydrogens (tertiary/aromatic N) is 2. The minimum absolute atomic E-state index is 0.249. The fourth-order valence-electron chi connectivity index (χ4n) is 2.44. The second kappa shape index (κ2) is 7.23. The van der Waals surface area contributed by atoms with E-state index in [1.807, 2.05) is 48.5 Å². The second-order valence-corrected chi connectivity index (χ2v) is 5.48. The molecule has 2 aromatic carbocycles. The van der Waals surface area contributed by atoms with Crippen LogP contribution < -0.4 is 19.5 Å². The highest BCUT2D eigenvalue weighted by molar-refractivity contribution is 5.44. The maximum Gasteiger partial charge on any atom is 0.253 e. The molecule has 7 nitrogen and oxygen atoms in total. The summed E-state index contributed by atoms with van der Waals surface area (Å²) in [4.78, 5) is 0. The van der Waals surface area contributed by atoms with Gasteiger partial charge in [0, 0.05) is 6.54 Å². The molecular weight excluding hydrogens is 322 g/mol. The van der Waals surface area contributed by atoms with Crippen LogP contribution in [0.1, 0.15) is 17.3 Å². The number of rotatable bonds is 7. The molecule has 0 atom stereocenters. The van der Waals surface area contributed by atoms with E-state index < -0.39 is 0 Å². The third-order valence-corrected chi connectivity index (χ3v) is 3.66. The number of benzene rings is 2. The topological polar surface area (TPSA) is 78.6 Å². The minimum Gasteiger partial charge on any atom is -0.484 e. The standard InChI is InChI=1S/C18H17N3O4/c1-2-4-14(5-3-1)22-11-18-21-20-17(25-18)10-19-9-13-6-7-15-16(8-13)24-12-23-15/h1-8,19H,9-12H2. The van der Waals surface area contributed by atoms with Gasteiger partial charge >= 0.3 is 0 Å². The highest BCUT2D eigenvalue weighted by Crippen LogP contribution is 2.32. The molecule has 0 saturated heterocycles. The first-order valence-electron chi connectivity index (χ1n) is 7.95. The molecule has 0 unspecified atom stereocenters. The molecule has 0 radical (unpaired) electrons. The van der Waals surface area contributed by atoms with Crippen LogP contribution in [0.4, 0.5) is 0 Å². The molecule has 1 aliphatic heterocycles. The molecule has 1 aromatic heterocycles. The summed E-state index contributed by atoms with van der Waals surface area (Å²) in [5.74, 6) is 3.29. The van der Waals surface area contributed by atoms with E-state index in [0.717, 1.165) is 22.8 Å². The number of nitrogens with one attached hydrogen (secondary N) is 1. The molecule has 0 saturated carbocycles. The van der Waals surface area contributed by atoms with Crippen molar-refractivity contribution in [2.24, 2.45) is 0 Å². The number of hydrogen-bond donors (Lipinski definition) is 1. The van der Waals surface area contributed by atoms with Crippen LogP contribution in [0, 0.1) is 0 Å². The first-order valence-corrected chi connectivity index (χ1v) is 7.95. The summed E-state index contributed by atoms with van der Waals surface area (Å²) in [6.07, 6.45) is 0. The molecule has 0 aliphatic carbocycles. The molecule has 1 N–H and O–H groups in total. The van der Waals surface area contributed by atoms with Crippen LogP contribution in [0.2, 0.25) is 0 Å². The number of aromatic nitrogens is 2. The molecule has 2 heterocycles. The minimum atomic E-state index is 0.249. The Balaban J connectivity index is 1.25. The first kappa shape index (κ1) is 15.5. The Kier molecular flexibility index (Phi) is 4.47. The van der Waals surface area contributed by atoms with Gasteiger partial charge in [-0.25, -0.2) is 0 Å². The van der Waals surface area contributed by atoms with Crippen molar-refractivity contribution in [2.75, 3.05) is 6.79 Å². The quantitative estimate of drug-likeness (QED) is 0.709. The Morgan fingerprint density at radius 1 is 0.920 bits per heavy atom. The van der Waals surface area contributed by atoms with Crippen molar-refractivity contribution < 1.29 is 18.6 Å². The van der Waals surface area contributed by atoms with Gasteiger partial charge in [0.2, 0.25) is 12.7 Å². The van der Waals surface area contributed by atoms with Gasteiger partial charge < -0.3 is 23.9 Å². The fourth-order valence-corrected chi connectivity index (χ4v) is 2.44. The molecule has 0 fully saturated rings. The van der Waals surface area contributed by atoms with Gasteiger partial charge in [-0.3, -0.25) is 0 Å². The van der Waals surface area contributed by atoms with E-state index >= 15 is 0 Å². The van der Waals surface area contributed by atoms with Gasteiger partial charge in [0.05, 0.1) is 6.54 Å². The van der Waals surface area contributed by atoms with Gasteiger partial charge in [-0.15, -0.1) is 10.2 Å². The zero-order chi connectivity index (χ0) is 16.9. The molecule has 128 valence electrons. The lowest BCUT2D eigenvalue weighted by molar-refractivity contribution is 0.174. The Hall–Kier alpha value is -3.06. The average molecular weight is 339 g/mol. The summed E-state index contributed by atoms with van der Waals surface area (Å²) in [6, 6.07) is 15.4. The van der Waals surface area contributed by atoms with Crippen LogP contribution in [0.3, 0.4) is 0 Å². The Bertz CT molecular complexity index is 835. The maximum atomic E-state index is 5.58. The van der Waals surface area contributed by atoms with Gasteiger partial charge in [-0.05, 0) is 29.8 Å². The summed E-state index contributed by atoms with van der Waals surface area (Å²) in [5.41, 5.74) is 1.09. The lowest BCUT2D eigenvalue weighted by Gasteiger charge is -2.04. The molecule has 1 aliphatic rings. The van der Waals surface area contributed by atoms with Crippen molar-refractivity contribution in [1.82, 2.24) is 15.5 Å². The average Bonchev–Trinajstić information content (AvgIpc) is 3.29. The lowest BCUT2D eigenvalue weighted by atomic mass is 10.2. The first-order chi connectivity index (χ1) is 12.4. The highest BCUT2D eigenvalue weighted by atomic mass is 16.7. The largest absolute Gasteiger partial charge is 0.484 e. The summed E-state index contributed by atoms with van der Waals surface area (Å²) < 4.78 is 21.8. The van der Waals surface area contributed by atoms with Crippen molar-refractivity contribution >= 4 is 0 Å². The zero-order valence-electron chi connectivity index (χ0n) is 13.5. The van der Waals surface area contributed by atoms with Crippen LogP contribution in [0.5, 0.6) is 17.2 Å². The fraction of sp³-hybridized carbons (Fsp3) is 0.222. The van der Waals surface area contributed by atoms with E-state index in [-0.39, 0.29) is 13.4 Å². The number of para-hydroxylation sites is 1. The Labute approximate surface area is 144 Å². The molecule has 0 amide bonds. The molecule has 3 aromatic rings. The van der Waals surface area contributed by atoms with Crippen molar-refractivity contribution in [2.45, 2.75) is 19.7 Å². The van der Waals surface area contributed by atoms with Crippen LogP contribution in [0.25, 0.3) is 0 Å². The van der Waals surface area contributed by atoms with Crippen LogP contribution in [0.15, 0.2) is 52.9 Å². The second-order valence-electron chi connectivity index (χ2n) is 5.48. The molecule has 7 heteroatoms. The SMILES string of the molecule is c1ccc(OCc2nnc(CNCc3ccc4c(c3)OCO4)o2)cc1. The Morgan fingerprint density at radius 3 is 2.68 bits per heavy atom. The van der Waals surface area contributed by atoms with E-state index in [9.17, 15) is 0 Å². The molecule has 0 bridgehead atoms. The van der Waals surface area contributed by atoms with Gasteiger partial charge in [0.25, 0.3) is 5.89 Å². The van der Waals surface area contributed by atoms with Gasteiger partial charge in [-0.2, -0.15) is 0 Å². The van der Waals surface area contributed by atoms with Crippen molar-refractivity contribution in [3.63, 3.8) is 0 Å². The predicted octanol–water partition coefficient (Wildman–Crippen LogP) is 2.67. The molecule has 0 spiro atoms. The van der Waals surface area contributed by atoms with Crippen molar-refractivity contribution in [3.8, 4) is 17.2 Å². The van der Waals surface area contributed by atoms with E-state index in [0.29, 0.717) is 24.9 Å².